The normalized spacial score (nSPS) is 10.3. The van der Waals surface area contributed by atoms with Crippen molar-refractivity contribution in [3.05, 3.63) is 39.8 Å². The molecule has 2 rings (SSSR count). The lowest BCUT2D eigenvalue weighted by Gasteiger charge is -2.00. The number of hydrogen-bond acceptors (Lipinski definition) is 5. The second kappa shape index (κ2) is 4.54. The molecule has 0 bridgehead atoms. The summed E-state index contributed by atoms with van der Waals surface area (Å²) in [4.78, 5) is 21.7. The summed E-state index contributed by atoms with van der Waals surface area (Å²) >= 11 is 6.91. The summed E-state index contributed by atoms with van der Waals surface area (Å²) in [7, 11) is 0. The van der Waals surface area contributed by atoms with Crippen LogP contribution in [0, 0.1) is 0 Å². The summed E-state index contributed by atoms with van der Waals surface area (Å²) in [5, 5.41) is 1.64. The molecule has 0 fully saturated rings. The number of pyridine rings is 1. The number of anilines is 1. The van der Waals surface area contributed by atoms with Crippen LogP contribution in [0.4, 0.5) is 5.82 Å². The second-order valence-electron chi connectivity index (χ2n) is 2.89. The van der Waals surface area contributed by atoms with Gasteiger partial charge in [0.2, 0.25) is 0 Å². The molecule has 0 aliphatic rings. The highest BCUT2D eigenvalue weighted by molar-refractivity contribution is 7.99. The molecule has 2 aromatic rings. The predicted molar refractivity (Wildman–Crippen MR) is 62.6 cm³/mol. The average molecular weight is 255 g/mol. The molecule has 0 radical (unpaired) electrons. The molecule has 0 aromatic carbocycles. The van der Waals surface area contributed by atoms with Gasteiger partial charge in [-0.15, -0.1) is 0 Å². The molecule has 0 saturated heterocycles. The lowest BCUT2D eigenvalue weighted by atomic mass is 10.5. The van der Waals surface area contributed by atoms with Gasteiger partial charge in [-0.2, -0.15) is 0 Å². The van der Waals surface area contributed by atoms with Crippen LogP contribution in [0.1, 0.15) is 0 Å². The summed E-state index contributed by atoms with van der Waals surface area (Å²) in [5.74, 6) is 0.181. The number of nitrogens with zero attached hydrogens (tertiary/aromatic N) is 2. The van der Waals surface area contributed by atoms with E-state index in [0.29, 0.717) is 15.2 Å². The van der Waals surface area contributed by atoms with Gasteiger partial charge in [0, 0.05) is 12.3 Å². The lowest BCUT2D eigenvalue weighted by Crippen LogP contribution is -2.09. The standard InChI is InChI=1S/C9H7ClN4OS/c10-5-1-2-8(12-4-5)16-9-13-6(11)3-7(15)14-9/h1-4H,(H3,11,13,14,15). The van der Waals surface area contributed by atoms with Crippen molar-refractivity contribution in [1.29, 1.82) is 0 Å². The molecule has 2 aromatic heterocycles. The number of nitrogen functional groups attached to an aromatic ring is 1. The van der Waals surface area contributed by atoms with E-state index < -0.39 is 0 Å². The van der Waals surface area contributed by atoms with Gasteiger partial charge in [0.1, 0.15) is 10.8 Å². The predicted octanol–water partition coefficient (Wildman–Crippen LogP) is 1.55. The fraction of sp³-hybridized carbons (Fsp3) is 0. The Morgan fingerprint density at radius 3 is 2.88 bits per heavy atom. The third kappa shape index (κ3) is 2.74. The Morgan fingerprint density at radius 1 is 1.44 bits per heavy atom. The van der Waals surface area contributed by atoms with Crippen molar-refractivity contribution in [3.8, 4) is 0 Å². The Kier molecular flexibility index (Phi) is 3.12. The Balaban J connectivity index is 2.26. The van der Waals surface area contributed by atoms with Crippen LogP contribution >= 0.6 is 23.4 Å². The summed E-state index contributed by atoms with van der Waals surface area (Å²) in [6, 6.07) is 4.66. The molecular weight excluding hydrogens is 248 g/mol. The van der Waals surface area contributed by atoms with Crippen LogP contribution in [-0.4, -0.2) is 15.0 Å². The van der Waals surface area contributed by atoms with Crippen LogP contribution in [0.25, 0.3) is 0 Å². The zero-order valence-corrected chi connectivity index (χ0v) is 9.55. The smallest absolute Gasteiger partial charge is 0.253 e. The van der Waals surface area contributed by atoms with Crippen molar-refractivity contribution in [3.63, 3.8) is 0 Å². The molecule has 0 atom stereocenters. The molecule has 0 aliphatic heterocycles. The first-order valence-corrected chi connectivity index (χ1v) is 5.49. The topological polar surface area (TPSA) is 84.7 Å². The van der Waals surface area contributed by atoms with E-state index in [-0.39, 0.29) is 11.4 Å². The zero-order valence-electron chi connectivity index (χ0n) is 7.98. The van der Waals surface area contributed by atoms with Crippen LogP contribution in [0.15, 0.2) is 39.4 Å². The lowest BCUT2D eigenvalue weighted by molar-refractivity contribution is 0.940. The Morgan fingerprint density at radius 2 is 2.25 bits per heavy atom. The fourth-order valence-corrected chi connectivity index (χ4v) is 1.88. The molecular formula is C9H7ClN4OS. The summed E-state index contributed by atoms with van der Waals surface area (Å²) in [6.07, 6.45) is 1.52. The van der Waals surface area contributed by atoms with Gasteiger partial charge in [0.15, 0.2) is 5.16 Å². The average Bonchev–Trinajstić information content (AvgIpc) is 2.20. The van der Waals surface area contributed by atoms with Gasteiger partial charge in [0.05, 0.1) is 5.02 Å². The maximum Gasteiger partial charge on any atom is 0.253 e. The minimum atomic E-state index is -0.288. The van der Waals surface area contributed by atoms with Gasteiger partial charge in [-0.05, 0) is 23.9 Å². The molecule has 0 unspecified atom stereocenters. The van der Waals surface area contributed by atoms with Crippen molar-refractivity contribution < 1.29 is 0 Å². The Labute approximate surface area is 100 Å². The minimum Gasteiger partial charge on any atom is -0.383 e. The number of aromatic amines is 1. The molecule has 3 N–H and O–H groups in total. The van der Waals surface area contributed by atoms with E-state index >= 15 is 0 Å². The van der Waals surface area contributed by atoms with Gasteiger partial charge in [-0.3, -0.25) is 4.79 Å². The van der Waals surface area contributed by atoms with Gasteiger partial charge in [-0.25, -0.2) is 9.97 Å². The minimum absolute atomic E-state index is 0.181. The maximum absolute atomic E-state index is 11.1. The monoisotopic (exact) mass is 254 g/mol. The van der Waals surface area contributed by atoms with Crippen molar-refractivity contribution in [1.82, 2.24) is 15.0 Å². The zero-order chi connectivity index (χ0) is 11.5. The van der Waals surface area contributed by atoms with E-state index in [0.717, 1.165) is 0 Å². The fourth-order valence-electron chi connectivity index (χ4n) is 1.02. The van der Waals surface area contributed by atoms with Crippen LogP contribution in [0.5, 0.6) is 0 Å². The third-order valence-electron chi connectivity index (χ3n) is 1.64. The number of rotatable bonds is 2. The van der Waals surface area contributed by atoms with Crippen molar-refractivity contribution in [2.75, 3.05) is 5.73 Å². The molecule has 0 amide bonds. The van der Waals surface area contributed by atoms with Gasteiger partial charge in [0.25, 0.3) is 5.56 Å². The van der Waals surface area contributed by atoms with Crippen LogP contribution < -0.4 is 11.3 Å². The first-order valence-electron chi connectivity index (χ1n) is 4.30. The van der Waals surface area contributed by atoms with Gasteiger partial charge < -0.3 is 10.7 Å². The van der Waals surface area contributed by atoms with Crippen LogP contribution in [0.2, 0.25) is 5.02 Å². The summed E-state index contributed by atoms with van der Waals surface area (Å²) in [5.41, 5.74) is 5.16. The maximum atomic E-state index is 11.1. The largest absolute Gasteiger partial charge is 0.383 e. The molecule has 0 saturated carbocycles. The van der Waals surface area contributed by atoms with Gasteiger partial charge >= 0.3 is 0 Å². The third-order valence-corrected chi connectivity index (χ3v) is 2.70. The number of H-pyrrole nitrogens is 1. The molecule has 0 aliphatic carbocycles. The van der Waals surface area contributed by atoms with Crippen molar-refractivity contribution >= 4 is 29.2 Å². The van der Waals surface area contributed by atoms with E-state index in [1.54, 1.807) is 12.1 Å². The van der Waals surface area contributed by atoms with E-state index in [9.17, 15) is 4.79 Å². The van der Waals surface area contributed by atoms with Crippen molar-refractivity contribution in [2.24, 2.45) is 0 Å². The molecule has 7 heteroatoms. The highest BCUT2D eigenvalue weighted by Gasteiger charge is 2.02. The highest BCUT2D eigenvalue weighted by Crippen LogP contribution is 2.22. The quantitative estimate of drug-likeness (QED) is 0.795. The van der Waals surface area contributed by atoms with E-state index in [4.69, 9.17) is 17.3 Å². The number of hydrogen-bond donors (Lipinski definition) is 2. The molecule has 2 heterocycles. The number of aromatic nitrogens is 3. The van der Waals surface area contributed by atoms with Crippen LogP contribution in [0.3, 0.4) is 0 Å². The summed E-state index contributed by atoms with van der Waals surface area (Å²) in [6.45, 7) is 0. The molecule has 16 heavy (non-hydrogen) atoms. The molecule has 0 spiro atoms. The second-order valence-corrected chi connectivity index (χ2v) is 4.34. The van der Waals surface area contributed by atoms with E-state index in [1.165, 1.54) is 24.0 Å². The number of nitrogens with two attached hydrogens (primary N) is 1. The molecule has 5 nitrogen and oxygen atoms in total. The molecule has 82 valence electrons. The SMILES string of the molecule is Nc1cc(=O)[nH]c(Sc2ccc(Cl)cn2)n1. The van der Waals surface area contributed by atoms with E-state index in [2.05, 4.69) is 15.0 Å². The van der Waals surface area contributed by atoms with Crippen LogP contribution in [-0.2, 0) is 0 Å². The number of nitrogens with one attached hydrogen (secondary N) is 1. The van der Waals surface area contributed by atoms with Crippen molar-refractivity contribution in [2.45, 2.75) is 10.2 Å². The summed E-state index contributed by atoms with van der Waals surface area (Å²) < 4.78 is 0. The van der Waals surface area contributed by atoms with E-state index in [1.807, 2.05) is 0 Å². The Bertz CT molecular complexity index is 554. The first kappa shape index (κ1) is 11.0. The van der Waals surface area contributed by atoms with Gasteiger partial charge in [-0.1, -0.05) is 11.6 Å². The first-order chi connectivity index (χ1) is 7.63. The Hall–Kier alpha value is -1.53. The highest BCUT2D eigenvalue weighted by atomic mass is 35.5. The number of halogens is 1.